The summed E-state index contributed by atoms with van der Waals surface area (Å²) in [5, 5.41) is 0. The summed E-state index contributed by atoms with van der Waals surface area (Å²) >= 11 is 0. The Hall–Kier alpha value is -0.570. The van der Waals surface area contributed by atoms with E-state index in [1.54, 1.807) is 0 Å². The normalized spacial score (nSPS) is 33.1. The van der Waals surface area contributed by atoms with Gasteiger partial charge in [-0.1, -0.05) is 13.8 Å². The minimum Gasteiger partial charge on any atom is -0.381 e. The number of amides is 1. The number of hydrogen-bond donors (Lipinski definition) is 0. The van der Waals surface area contributed by atoms with Gasteiger partial charge in [-0.15, -0.1) is 0 Å². The standard InChI is InChI=1S/C15H25NO2/c1-14(2,12-4-5-12)13(17)16-8-7-15(10-16)6-3-9-18-11-15/h12H,3-11H2,1-2H3. The Morgan fingerprint density at radius 3 is 2.72 bits per heavy atom. The molecule has 1 unspecified atom stereocenters. The molecule has 1 saturated carbocycles. The van der Waals surface area contributed by atoms with E-state index in [2.05, 4.69) is 18.7 Å². The zero-order valence-electron chi connectivity index (χ0n) is 11.7. The molecule has 1 amide bonds. The first-order valence-corrected chi connectivity index (χ1v) is 7.41. The lowest BCUT2D eigenvalue weighted by molar-refractivity contribution is -0.141. The van der Waals surface area contributed by atoms with Gasteiger partial charge in [-0.05, 0) is 38.0 Å². The van der Waals surface area contributed by atoms with Crippen LogP contribution in [0.15, 0.2) is 0 Å². The van der Waals surface area contributed by atoms with Gasteiger partial charge in [-0.2, -0.15) is 0 Å². The second kappa shape index (κ2) is 4.22. The summed E-state index contributed by atoms with van der Waals surface area (Å²) in [5.74, 6) is 1.01. The van der Waals surface area contributed by atoms with Crippen molar-refractivity contribution in [2.24, 2.45) is 16.7 Å². The molecule has 0 aromatic heterocycles. The van der Waals surface area contributed by atoms with Crippen molar-refractivity contribution < 1.29 is 9.53 Å². The number of rotatable bonds is 2. The molecule has 2 saturated heterocycles. The highest BCUT2D eigenvalue weighted by Crippen LogP contribution is 2.48. The van der Waals surface area contributed by atoms with Crippen LogP contribution in [0.4, 0.5) is 0 Å². The molecule has 2 heterocycles. The average Bonchev–Trinajstić information content (AvgIpc) is 3.15. The van der Waals surface area contributed by atoms with E-state index in [0.717, 1.165) is 39.1 Å². The summed E-state index contributed by atoms with van der Waals surface area (Å²) in [4.78, 5) is 14.8. The first-order chi connectivity index (χ1) is 8.54. The van der Waals surface area contributed by atoms with E-state index in [1.165, 1.54) is 19.3 Å². The molecule has 1 atom stereocenters. The van der Waals surface area contributed by atoms with Crippen LogP contribution < -0.4 is 0 Å². The third-order valence-electron chi connectivity index (χ3n) is 5.28. The van der Waals surface area contributed by atoms with Crippen LogP contribution in [0, 0.1) is 16.7 Å². The molecule has 0 N–H and O–H groups in total. The fourth-order valence-electron chi connectivity index (χ4n) is 3.73. The van der Waals surface area contributed by atoms with Crippen LogP contribution in [-0.4, -0.2) is 37.1 Å². The average molecular weight is 251 g/mol. The van der Waals surface area contributed by atoms with Gasteiger partial charge < -0.3 is 9.64 Å². The largest absolute Gasteiger partial charge is 0.381 e. The Labute approximate surface area is 110 Å². The summed E-state index contributed by atoms with van der Waals surface area (Å²) in [5.41, 5.74) is 0.147. The van der Waals surface area contributed by atoms with Crippen molar-refractivity contribution in [2.45, 2.75) is 46.0 Å². The third kappa shape index (κ3) is 2.07. The summed E-state index contributed by atoms with van der Waals surface area (Å²) in [7, 11) is 0. The van der Waals surface area contributed by atoms with Gasteiger partial charge in [0.25, 0.3) is 0 Å². The van der Waals surface area contributed by atoms with Crippen LogP contribution in [0.3, 0.4) is 0 Å². The zero-order valence-corrected chi connectivity index (χ0v) is 11.7. The van der Waals surface area contributed by atoms with Gasteiger partial charge in [0.05, 0.1) is 6.61 Å². The summed E-state index contributed by atoms with van der Waals surface area (Å²) in [6.45, 7) is 7.91. The third-order valence-corrected chi connectivity index (χ3v) is 5.28. The maximum atomic E-state index is 12.7. The predicted octanol–water partition coefficient (Wildman–Crippen LogP) is 2.45. The number of nitrogens with zero attached hydrogens (tertiary/aromatic N) is 1. The Morgan fingerprint density at radius 1 is 1.33 bits per heavy atom. The Bertz CT molecular complexity index is 340. The second-order valence-electron chi connectivity index (χ2n) is 7.13. The molecule has 0 aromatic carbocycles. The van der Waals surface area contributed by atoms with Crippen molar-refractivity contribution in [1.29, 1.82) is 0 Å². The number of carbonyl (C=O) groups excluding carboxylic acids is 1. The van der Waals surface area contributed by atoms with Crippen molar-refractivity contribution >= 4 is 5.91 Å². The van der Waals surface area contributed by atoms with E-state index in [4.69, 9.17) is 4.74 Å². The smallest absolute Gasteiger partial charge is 0.228 e. The lowest BCUT2D eigenvalue weighted by atomic mass is 9.81. The van der Waals surface area contributed by atoms with Gasteiger partial charge in [-0.3, -0.25) is 4.79 Å². The summed E-state index contributed by atoms with van der Waals surface area (Å²) in [6.07, 6.45) is 6.01. The van der Waals surface area contributed by atoms with Gasteiger partial charge in [-0.25, -0.2) is 0 Å². The molecule has 1 aliphatic carbocycles. The van der Waals surface area contributed by atoms with Crippen molar-refractivity contribution in [3.63, 3.8) is 0 Å². The molecular weight excluding hydrogens is 226 g/mol. The first kappa shape index (κ1) is 12.5. The minimum atomic E-state index is -0.138. The lowest BCUT2D eigenvalue weighted by Gasteiger charge is -2.34. The van der Waals surface area contributed by atoms with Crippen LogP contribution in [-0.2, 0) is 9.53 Å². The molecule has 3 nitrogen and oxygen atoms in total. The zero-order chi connectivity index (χ0) is 12.8. The number of carbonyl (C=O) groups is 1. The summed E-state index contributed by atoms with van der Waals surface area (Å²) in [6, 6.07) is 0. The highest BCUT2D eigenvalue weighted by atomic mass is 16.5. The fourth-order valence-corrected chi connectivity index (χ4v) is 3.73. The SMILES string of the molecule is CC(C)(C(=O)N1CCC2(CCCOC2)C1)C1CC1. The van der Waals surface area contributed by atoms with Gasteiger partial charge in [0, 0.05) is 30.5 Å². The maximum Gasteiger partial charge on any atom is 0.228 e. The Balaban J connectivity index is 1.66. The van der Waals surface area contributed by atoms with Gasteiger partial charge >= 0.3 is 0 Å². The molecule has 1 spiro atoms. The van der Waals surface area contributed by atoms with E-state index >= 15 is 0 Å². The van der Waals surface area contributed by atoms with Crippen LogP contribution in [0.25, 0.3) is 0 Å². The van der Waals surface area contributed by atoms with Crippen molar-refractivity contribution in [1.82, 2.24) is 4.90 Å². The lowest BCUT2D eigenvalue weighted by Crippen LogP contribution is -2.43. The van der Waals surface area contributed by atoms with Crippen molar-refractivity contribution in [3.05, 3.63) is 0 Å². The maximum absolute atomic E-state index is 12.7. The fraction of sp³-hybridized carbons (Fsp3) is 0.933. The summed E-state index contributed by atoms with van der Waals surface area (Å²) < 4.78 is 5.64. The number of hydrogen-bond acceptors (Lipinski definition) is 2. The van der Waals surface area contributed by atoms with Gasteiger partial charge in [0.15, 0.2) is 0 Å². The van der Waals surface area contributed by atoms with Crippen LogP contribution in [0.2, 0.25) is 0 Å². The minimum absolute atomic E-state index is 0.138. The van der Waals surface area contributed by atoms with E-state index in [-0.39, 0.29) is 10.8 Å². The highest BCUT2D eigenvalue weighted by molar-refractivity contribution is 5.83. The van der Waals surface area contributed by atoms with E-state index in [0.29, 0.717) is 11.8 Å². The van der Waals surface area contributed by atoms with Gasteiger partial charge in [0.2, 0.25) is 5.91 Å². The predicted molar refractivity (Wildman–Crippen MR) is 70.2 cm³/mol. The topological polar surface area (TPSA) is 29.5 Å². The molecular formula is C15H25NO2. The van der Waals surface area contributed by atoms with Crippen molar-refractivity contribution in [2.75, 3.05) is 26.3 Å². The number of likely N-dealkylation sites (tertiary alicyclic amines) is 1. The quantitative estimate of drug-likeness (QED) is 0.754. The molecule has 0 bridgehead atoms. The van der Waals surface area contributed by atoms with E-state index in [9.17, 15) is 4.79 Å². The molecule has 3 heteroatoms. The number of ether oxygens (including phenoxy) is 1. The van der Waals surface area contributed by atoms with Crippen LogP contribution in [0.1, 0.15) is 46.0 Å². The Morgan fingerprint density at radius 2 is 2.11 bits per heavy atom. The Kier molecular flexibility index (Phi) is 2.92. The molecule has 3 aliphatic rings. The van der Waals surface area contributed by atoms with Crippen LogP contribution in [0.5, 0.6) is 0 Å². The van der Waals surface area contributed by atoms with Crippen LogP contribution >= 0.6 is 0 Å². The molecule has 0 aromatic rings. The van der Waals surface area contributed by atoms with Gasteiger partial charge in [0.1, 0.15) is 0 Å². The second-order valence-corrected chi connectivity index (χ2v) is 7.13. The molecule has 18 heavy (non-hydrogen) atoms. The molecule has 102 valence electrons. The van der Waals surface area contributed by atoms with Crippen molar-refractivity contribution in [3.8, 4) is 0 Å². The molecule has 0 radical (unpaired) electrons. The highest BCUT2D eigenvalue weighted by Gasteiger charge is 2.49. The monoisotopic (exact) mass is 251 g/mol. The van der Waals surface area contributed by atoms with E-state index < -0.39 is 0 Å². The van der Waals surface area contributed by atoms with E-state index in [1.807, 2.05) is 0 Å². The molecule has 3 rings (SSSR count). The first-order valence-electron chi connectivity index (χ1n) is 7.41. The molecule has 2 aliphatic heterocycles. The molecule has 3 fully saturated rings.